The number of benzene rings is 2. The van der Waals surface area contributed by atoms with Crippen molar-refractivity contribution in [1.29, 1.82) is 0 Å². The molecule has 1 N–H and O–H groups in total. The maximum absolute atomic E-state index is 13.0. The van der Waals surface area contributed by atoms with E-state index in [1.165, 1.54) is 22.9 Å². The first-order chi connectivity index (χ1) is 14.6. The summed E-state index contributed by atoms with van der Waals surface area (Å²) in [6.07, 6.45) is 3.18. The first kappa shape index (κ1) is 20.7. The van der Waals surface area contributed by atoms with E-state index in [-0.39, 0.29) is 17.2 Å². The van der Waals surface area contributed by atoms with E-state index in [4.69, 9.17) is 0 Å². The number of nitrogens with one attached hydrogen (secondary N) is 1. The van der Waals surface area contributed by atoms with Crippen LogP contribution >= 0.6 is 11.8 Å². The van der Waals surface area contributed by atoms with Crippen LogP contribution in [-0.4, -0.2) is 25.9 Å². The summed E-state index contributed by atoms with van der Waals surface area (Å²) in [5.41, 5.74) is 4.85. The van der Waals surface area contributed by atoms with Crippen LogP contribution in [-0.2, 0) is 17.8 Å². The Kier molecular flexibility index (Phi) is 6.23. The first-order valence-electron chi connectivity index (χ1n) is 10.6. The lowest BCUT2D eigenvalue weighted by Gasteiger charge is -2.27. The minimum Gasteiger partial charge on any atom is -0.348 e. The fourth-order valence-electron chi connectivity index (χ4n) is 4.09. The predicted octanol–water partition coefficient (Wildman–Crippen LogP) is 4.95. The molecule has 156 valence electrons. The Labute approximate surface area is 182 Å². The van der Waals surface area contributed by atoms with Gasteiger partial charge in [-0.2, -0.15) is 0 Å². The number of nitrogens with zero attached hydrogens (tertiary/aromatic N) is 3. The predicted molar refractivity (Wildman–Crippen MR) is 121 cm³/mol. The van der Waals surface area contributed by atoms with E-state index >= 15 is 0 Å². The Bertz CT molecular complexity index is 1050. The molecule has 30 heavy (non-hydrogen) atoms. The van der Waals surface area contributed by atoms with Gasteiger partial charge >= 0.3 is 0 Å². The van der Waals surface area contributed by atoms with Crippen LogP contribution in [0.2, 0.25) is 0 Å². The standard InChI is InChI=1S/C24H28N4OS/c1-4-28-22(19-13-7-5-10-16(19)2)26-27-24(28)30-17(3)23(29)25-21-15-9-12-18-11-6-8-14-20(18)21/h5-8,10-11,13-14,17,21H,4,9,12,15H2,1-3H3,(H,25,29)/t17-,21-/m0/s1. The Balaban J connectivity index is 1.49. The lowest BCUT2D eigenvalue weighted by atomic mass is 9.88. The van der Waals surface area contributed by atoms with Gasteiger partial charge in [-0.1, -0.05) is 60.3 Å². The number of amides is 1. The number of carbonyl (C=O) groups is 1. The molecule has 1 amide bonds. The zero-order chi connectivity index (χ0) is 21.1. The number of aryl methyl sites for hydroxylation is 2. The van der Waals surface area contributed by atoms with Gasteiger partial charge < -0.3 is 9.88 Å². The summed E-state index contributed by atoms with van der Waals surface area (Å²) in [5.74, 6) is 0.900. The van der Waals surface area contributed by atoms with Crippen molar-refractivity contribution in [2.45, 2.75) is 63.0 Å². The molecule has 0 spiro atoms. The monoisotopic (exact) mass is 420 g/mol. The van der Waals surface area contributed by atoms with Crippen molar-refractivity contribution in [3.63, 3.8) is 0 Å². The van der Waals surface area contributed by atoms with Gasteiger partial charge in [0.1, 0.15) is 0 Å². The Morgan fingerprint density at radius 2 is 1.97 bits per heavy atom. The van der Waals surface area contributed by atoms with Crippen LogP contribution in [0.25, 0.3) is 11.4 Å². The van der Waals surface area contributed by atoms with Crippen LogP contribution in [0.1, 0.15) is 49.4 Å². The number of carbonyl (C=O) groups excluding carboxylic acids is 1. The van der Waals surface area contributed by atoms with Crippen LogP contribution in [0.15, 0.2) is 53.7 Å². The second-order valence-corrected chi connectivity index (χ2v) is 9.09. The first-order valence-corrected chi connectivity index (χ1v) is 11.5. The molecule has 0 unspecified atom stereocenters. The lowest BCUT2D eigenvalue weighted by Crippen LogP contribution is -2.36. The number of hydrogen-bond acceptors (Lipinski definition) is 4. The average molecular weight is 421 g/mol. The molecule has 1 aromatic heterocycles. The quantitative estimate of drug-likeness (QED) is 0.573. The second-order valence-electron chi connectivity index (χ2n) is 7.78. The average Bonchev–Trinajstić information content (AvgIpc) is 3.16. The second kappa shape index (κ2) is 9.04. The highest BCUT2D eigenvalue weighted by Crippen LogP contribution is 2.31. The molecule has 1 heterocycles. The van der Waals surface area contributed by atoms with E-state index in [0.717, 1.165) is 47.9 Å². The van der Waals surface area contributed by atoms with E-state index in [9.17, 15) is 4.79 Å². The van der Waals surface area contributed by atoms with Gasteiger partial charge in [0.2, 0.25) is 5.91 Å². The minimum atomic E-state index is -0.252. The highest BCUT2D eigenvalue weighted by molar-refractivity contribution is 8.00. The molecule has 0 fully saturated rings. The molecule has 0 saturated carbocycles. The van der Waals surface area contributed by atoms with Gasteiger partial charge in [-0.3, -0.25) is 4.79 Å². The van der Waals surface area contributed by atoms with Crippen molar-refractivity contribution >= 4 is 17.7 Å². The number of fused-ring (bicyclic) bond motifs is 1. The fraction of sp³-hybridized carbons (Fsp3) is 0.375. The Hall–Kier alpha value is -2.60. The van der Waals surface area contributed by atoms with E-state index < -0.39 is 0 Å². The molecule has 2 atom stereocenters. The molecule has 1 aliphatic rings. The van der Waals surface area contributed by atoms with Gasteiger partial charge in [-0.05, 0) is 56.7 Å². The summed E-state index contributed by atoms with van der Waals surface area (Å²) in [5, 5.41) is 12.6. The van der Waals surface area contributed by atoms with Crippen molar-refractivity contribution < 1.29 is 4.79 Å². The molecule has 1 aliphatic carbocycles. The Morgan fingerprint density at radius 1 is 1.20 bits per heavy atom. The summed E-state index contributed by atoms with van der Waals surface area (Å²) >= 11 is 1.47. The fourth-order valence-corrected chi connectivity index (χ4v) is 5.01. The summed E-state index contributed by atoms with van der Waals surface area (Å²) in [6, 6.07) is 16.7. The maximum atomic E-state index is 13.0. The smallest absolute Gasteiger partial charge is 0.233 e. The summed E-state index contributed by atoms with van der Waals surface area (Å²) < 4.78 is 2.09. The largest absolute Gasteiger partial charge is 0.348 e. The molecular weight excluding hydrogens is 392 g/mol. The molecular formula is C24H28N4OS. The van der Waals surface area contributed by atoms with E-state index in [2.05, 4.69) is 70.3 Å². The van der Waals surface area contributed by atoms with Crippen molar-refractivity contribution in [2.24, 2.45) is 0 Å². The molecule has 0 aliphatic heterocycles. The minimum absolute atomic E-state index is 0.0461. The molecule has 0 radical (unpaired) electrons. The summed E-state index contributed by atoms with van der Waals surface area (Å²) in [6.45, 7) is 6.86. The SMILES string of the molecule is CCn1c(S[C@@H](C)C(=O)N[C@H]2CCCc3ccccc32)nnc1-c1ccccc1C. The molecule has 2 aromatic carbocycles. The van der Waals surface area contributed by atoms with Gasteiger partial charge in [0.15, 0.2) is 11.0 Å². The topological polar surface area (TPSA) is 59.8 Å². The van der Waals surface area contributed by atoms with Crippen molar-refractivity contribution in [1.82, 2.24) is 20.1 Å². The number of thioether (sulfide) groups is 1. The van der Waals surface area contributed by atoms with Crippen molar-refractivity contribution in [2.75, 3.05) is 0 Å². The van der Waals surface area contributed by atoms with Gasteiger partial charge in [0, 0.05) is 12.1 Å². The third-order valence-corrected chi connectivity index (χ3v) is 6.84. The van der Waals surface area contributed by atoms with Gasteiger partial charge in [0.25, 0.3) is 0 Å². The molecule has 6 heteroatoms. The van der Waals surface area contributed by atoms with Crippen LogP contribution < -0.4 is 5.32 Å². The van der Waals surface area contributed by atoms with Crippen LogP contribution in [0, 0.1) is 6.92 Å². The van der Waals surface area contributed by atoms with E-state index in [1.54, 1.807) is 0 Å². The zero-order valence-electron chi connectivity index (χ0n) is 17.8. The number of rotatable bonds is 6. The van der Waals surface area contributed by atoms with E-state index in [0.29, 0.717) is 0 Å². The zero-order valence-corrected chi connectivity index (χ0v) is 18.6. The van der Waals surface area contributed by atoms with Crippen LogP contribution in [0.5, 0.6) is 0 Å². The maximum Gasteiger partial charge on any atom is 0.233 e. The normalized spacial score (nSPS) is 16.7. The third-order valence-electron chi connectivity index (χ3n) is 5.76. The molecule has 4 rings (SSSR count). The van der Waals surface area contributed by atoms with Gasteiger partial charge in [-0.15, -0.1) is 10.2 Å². The van der Waals surface area contributed by atoms with E-state index in [1.807, 2.05) is 19.1 Å². The van der Waals surface area contributed by atoms with Crippen molar-refractivity contribution in [3.8, 4) is 11.4 Å². The summed E-state index contributed by atoms with van der Waals surface area (Å²) in [7, 11) is 0. The number of hydrogen-bond donors (Lipinski definition) is 1. The highest BCUT2D eigenvalue weighted by Gasteiger charge is 2.25. The van der Waals surface area contributed by atoms with Gasteiger partial charge in [-0.25, -0.2) is 0 Å². The molecule has 5 nitrogen and oxygen atoms in total. The Morgan fingerprint density at radius 3 is 2.77 bits per heavy atom. The van der Waals surface area contributed by atoms with Crippen molar-refractivity contribution in [3.05, 3.63) is 65.2 Å². The molecule has 0 bridgehead atoms. The third kappa shape index (κ3) is 4.15. The molecule has 3 aromatic rings. The molecule has 0 saturated heterocycles. The van der Waals surface area contributed by atoms with Crippen LogP contribution in [0.3, 0.4) is 0 Å². The van der Waals surface area contributed by atoms with Gasteiger partial charge in [0.05, 0.1) is 11.3 Å². The highest BCUT2D eigenvalue weighted by atomic mass is 32.2. The number of aromatic nitrogens is 3. The van der Waals surface area contributed by atoms with Crippen LogP contribution in [0.4, 0.5) is 0 Å². The summed E-state index contributed by atoms with van der Waals surface area (Å²) in [4.78, 5) is 13.0. The lowest BCUT2D eigenvalue weighted by molar-refractivity contribution is -0.121.